The molecular formula is C9H13N3S. The summed E-state index contributed by atoms with van der Waals surface area (Å²) in [6, 6.07) is -0.0580. The first kappa shape index (κ1) is 10.2. The van der Waals surface area contributed by atoms with E-state index in [1.807, 2.05) is 7.05 Å². The average Bonchev–Trinajstić information content (AvgIpc) is 2.55. The molecule has 0 amide bonds. The van der Waals surface area contributed by atoms with E-state index < -0.39 is 0 Å². The molecule has 0 bridgehead atoms. The van der Waals surface area contributed by atoms with Crippen LogP contribution in [0.25, 0.3) is 0 Å². The third-order valence-electron chi connectivity index (χ3n) is 1.80. The molecule has 0 saturated carbocycles. The van der Waals surface area contributed by atoms with Crippen LogP contribution in [0.15, 0.2) is 0 Å². The van der Waals surface area contributed by atoms with Crippen LogP contribution in [0.2, 0.25) is 0 Å². The maximum absolute atomic E-state index is 5.38. The lowest BCUT2D eigenvalue weighted by atomic mass is 10.1. The van der Waals surface area contributed by atoms with Crippen LogP contribution in [0.3, 0.4) is 0 Å². The van der Waals surface area contributed by atoms with Crippen molar-refractivity contribution < 1.29 is 0 Å². The van der Waals surface area contributed by atoms with Crippen LogP contribution in [0.1, 0.15) is 36.4 Å². The Balaban J connectivity index is 3.00. The van der Waals surface area contributed by atoms with Crippen molar-refractivity contribution in [1.29, 1.82) is 0 Å². The maximum atomic E-state index is 5.38. The normalized spacial score (nSPS) is 12.8. The number of terminal acetylenes is 1. The Labute approximate surface area is 82.7 Å². The lowest BCUT2D eigenvalue weighted by Crippen LogP contribution is -2.14. The smallest absolute Gasteiger partial charge is 0.107 e. The molecule has 1 heterocycles. The van der Waals surface area contributed by atoms with Gasteiger partial charge in [0.1, 0.15) is 6.04 Å². The van der Waals surface area contributed by atoms with Gasteiger partial charge in [0.05, 0.1) is 10.6 Å². The van der Waals surface area contributed by atoms with Gasteiger partial charge in [-0.3, -0.25) is 0 Å². The lowest BCUT2D eigenvalue weighted by Gasteiger charge is -2.09. The van der Waals surface area contributed by atoms with Crippen LogP contribution >= 0.6 is 11.5 Å². The zero-order chi connectivity index (χ0) is 9.84. The van der Waals surface area contributed by atoms with Crippen LogP contribution in [-0.4, -0.2) is 16.6 Å². The fourth-order valence-electron chi connectivity index (χ4n) is 1.10. The molecule has 1 aromatic heterocycles. The standard InChI is InChI=1S/C9H13N3S/c1-5-7(10-4)9-8(6(2)3)11-12-13-9/h1,6-7,10H,2-4H3. The number of nitrogens with zero attached hydrogens (tertiary/aromatic N) is 2. The topological polar surface area (TPSA) is 37.8 Å². The van der Waals surface area contributed by atoms with Gasteiger partial charge in [0.2, 0.25) is 0 Å². The van der Waals surface area contributed by atoms with Crippen LogP contribution in [0.5, 0.6) is 0 Å². The van der Waals surface area contributed by atoms with Crippen molar-refractivity contribution in [2.45, 2.75) is 25.8 Å². The molecule has 0 aliphatic heterocycles. The molecule has 70 valence electrons. The quantitative estimate of drug-likeness (QED) is 0.744. The number of hydrogen-bond donors (Lipinski definition) is 1. The number of rotatable bonds is 3. The first-order valence-corrected chi connectivity index (χ1v) is 4.93. The van der Waals surface area contributed by atoms with E-state index in [0.29, 0.717) is 5.92 Å². The minimum absolute atomic E-state index is 0.0580. The molecule has 0 saturated heterocycles. The van der Waals surface area contributed by atoms with Crippen LogP contribution in [0.4, 0.5) is 0 Å². The molecule has 13 heavy (non-hydrogen) atoms. The van der Waals surface area contributed by atoms with E-state index in [1.54, 1.807) is 0 Å². The summed E-state index contributed by atoms with van der Waals surface area (Å²) in [6.07, 6.45) is 5.38. The van der Waals surface area contributed by atoms with E-state index in [0.717, 1.165) is 10.6 Å². The Morgan fingerprint density at radius 2 is 2.23 bits per heavy atom. The summed E-state index contributed by atoms with van der Waals surface area (Å²) in [6.45, 7) is 4.17. The van der Waals surface area contributed by atoms with E-state index in [4.69, 9.17) is 6.42 Å². The summed E-state index contributed by atoms with van der Waals surface area (Å²) in [5.41, 5.74) is 1.00. The minimum Gasteiger partial charge on any atom is -0.302 e. The van der Waals surface area contributed by atoms with Crippen LogP contribution in [0, 0.1) is 12.3 Å². The second-order valence-electron chi connectivity index (χ2n) is 3.07. The van der Waals surface area contributed by atoms with E-state index in [-0.39, 0.29) is 6.04 Å². The molecule has 1 unspecified atom stereocenters. The molecular weight excluding hydrogens is 182 g/mol. The maximum Gasteiger partial charge on any atom is 0.107 e. The van der Waals surface area contributed by atoms with Crippen molar-refractivity contribution >= 4 is 11.5 Å². The predicted molar refractivity (Wildman–Crippen MR) is 54.6 cm³/mol. The van der Waals surface area contributed by atoms with Gasteiger partial charge in [-0.15, -0.1) is 11.5 Å². The lowest BCUT2D eigenvalue weighted by molar-refractivity contribution is 0.713. The SMILES string of the molecule is C#CC(NC)c1snnc1C(C)C. The first-order valence-electron chi connectivity index (χ1n) is 4.16. The number of aromatic nitrogens is 2. The second kappa shape index (κ2) is 4.35. The van der Waals surface area contributed by atoms with Gasteiger partial charge in [-0.25, -0.2) is 0 Å². The molecule has 1 N–H and O–H groups in total. The molecule has 0 radical (unpaired) electrons. The molecule has 1 atom stereocenters. The minimum atomic E-state index is -0.0580. The third-order valence-corrected chi connectivity index (χ3v) is 2.61. The molecule has 0 spiro atoms. The van der Waals surface area contributed by atoms with E-state index >= 15 is 0 Å². The fraction of sp³-hybridized carbons (Fsp3) is 0.556. The van der Waals surface area contributed by atoms with Gasteiger partial charge < -0.3 is 5.32 Å². The highest BCUT2D eigenvalue weighted by atomic mass is 32.1. The zero-order valence-electron chi connectivity index (χ0n) is 8.03. The summed E-state index contributed by atoms with van der Waals surface area (Å²) >= 11 is 1.37. The van der Waals surface area contributed by atoms with E-state index in [1.165, 1.54) is 11.5 Å². The van der Waals surface area contributed by atoms with Gasteiger partial charge in [-0.2, -0.15) is 0 Å². The van der Waals surface area contributed by atoms with E-state index in [2.05, 4.69) is 34.7 Å². The highest BCUT2D eigenvalue weighted by Crippen LogP contribution is 2.25. The molecule has 1 aromatic rings. The summed E-state index contributed by atoms with van der Waals surface area (Å²) in [4.78, 5) is 1.06. The molecule has 3 nitrogen and oxygen atoms in total. The molecule has 0 aliphatic rings. The Bertz CT molecular complexity index is 311. The van der Waals surface area contributed by atoms with Crippen molar-refractivity contribution in [3.05, 3.63) is 10.6 Å². The van der Waals surface area contributed by atoms with Crippen LogP contribution < -0.4 is 5.32 Å². The number of nitrogens with one attached hydrogen (secondary N) is 1. The van der Waals surface area contributed by atoms with Gasteiger partial charge >= 0.3 is 0 Å². The van der Waals surface area contributed by atoms with E-state index in [9.17, 15) is 0 Å². The summed E-state index contributed by atoms with van der Waals surface area (Å²) in [7, 11) is 1.84. The Morgan fingerprint density at radius 3 is 2.69 bits per heavy atom. The predicted octanol–water partition coefficient (Wildman–Crippen LogP) is 1.56. The zero-order valence-corrected chi connectivity index (χ0v) is 8.85. The van der Waals surface area contributed by atoms with Crippen molar-refractivity contribution in [2.75, 3.05) is 7.05 Å². The average molecular weight is 195 g/mol. The van der Waals surface area contributed by atoms with Gasteiger partial charge in [-0.1, -0.05) is 24.3 Å². The highest BCUT2D eigenvalue weighted by molar-refractivity contribution is 7.05. The summed E-state index contributed by atoms with van der Waals surface area (Å²) < 4.78 is 3.92. The highest BCUT2D eigenvalue weighted by Gasteiger charge is 2.17. The monoisotopic (exact) mass is 195 g/mol. The Kier molecular flexibility index (Phi) is 3.40. The summed E-state index contributed by atoms with van der Waals surface area (Å²) in [5.74, 6) is 3.04. The van der Waals surface area contributed by atoms with Gasteiger partial charge in [0, 0.05) is 0 Å². The number of hydrogen-bond acceptors (Lipinski definition) is 4. The van der Waals surface area contributed by atoms with Gasteiger partial charge in [0.15, 0.2) is 0 Å². The van der Waals surface area contributed by atoms with Crippen molar-refractivity contribution in [1.82, 2.24) is 14.9 Å². The third kappa shape index (κ3) is 2.06. The molecule has 0 aliphatic carbocycles. The van der Waals surface area contributed by atoms with Crippen molar-refractivity contribution in [2.24, 2.45) is 0 Å². The Hall–Kier alpha value is -0.920. The van der Waals surface area contributed by atoms with Gasteiger partial charge in [-0.05, 0) is 24.5 Å². The summed E-state index contributed by atoms with van der Waals surface area (Å²) in [5, 5.41) is 7.11. The van der Waals surface area contributed by atoms with Crippen molar-refractivity contribution in [3.8, 4) is 12.3 Å². The fourth-order valence-corrected chi connectivity index (χ4v) is 1.97. The molecule has 1 rings (SSSR count). The van der Waals surface area contributed by atoms with Gasteiger partial charge in [0.25, 0.3) is 0 Å². The molecule has 4 heteroatoms. The second-order valence-corrected chi connectivity index (χ2v) is 3.85. The largest absolute Gasteiger partial charge is 0.302 e. The van der Waals surface area contributed by atoms with Crippen LogP contribution in [-0.2, 0) is 0 Å². The first-order chi connectivity index (χ1) is 6.20. The Morgan fingerprint density at radius 1 is 1.54 bits per heavy atom. The molecule has 0 fully saturated rings. The van der Waals surface area contributed by atoms with Crippen molar-refractivity contribution in [3.63, 3.8) is 0 Å². The molecule has 0 aromatic carbocycles.